The van der Waals surface area contributed by atoms with Crippen LogP contribution >= 0.6 is 0 Å². The molecule has 3 nitrogen and oxygen atoms in total. The van der Waals surface area contributed by atoms with E-state index in [0.29, 0.717) is 13.1 Å². The van der Waals surface area contributed by atoms with E-state index in [0.717, 1.165) is 12.0 Å². The Morgan fingerprint density at radius 2 is 1.94 bits per heavy atom. The fraction of sp³-hybridized carbons (Fsp3) is 0.462. The summed E-state index contributed by atoms with van der Waals surface area (Å²) in [6, 6.07) is 6.36. The lowest BCUT2D eigenvalue weighted by molar-refractivity contribution is -0.142. The molecule has 1 saturated carbocycles. The third kappa shape index (κ3) is 1.93. The first-order valence-electron chi connectivity index (χ1n) is 5.87. The molecule has 0 spiro atoms. The van der Waals surface area contributed by atoms with Crippen molar-refractivity contribution >= 4 is 5.91 Å². The maximum absolute atomic E-state index is 12.8. The highest BCUT2D eigenvalue weighted by Crippen LogP contribution is 2.48. The first-order chi connectivity index (χ1) is 8.15. The summed E-state index contributed by atoms with van der Waals surface area (Å²) in [6.07, 6.45) is 0.499. The molecular weight excluding hydrogens is 221 g/mol. The fourth-order valence-corrected chi connectivity index (χ4v) is 2.42. The van der Waals surface area contributed by atoms with Gasteiger partial charge in [0.25, 0.3) is 0 Å². The molecule has 4 heteroatoms. The zero-order chi connectivity index (χ0) is 12.0. The Kier molecular flexibility index (Phi) is 2.40. The SMILES string of the molecule is O=C(C1CC1c1ccc(F)cc1)N1CC(O)C1. The second-order valence-corrected chi connectivity index (χ2v) is 4.90. The summed E-state index contributed by atoms with van der Waals surface area (Å²) >= 11 is 0. The van der Waals surface area contributed by atoms with Crippen LogP contribution in [-0.4, -0.2) is 35.1 Å². The summed E-state index contributed by atoms with van der Waals surface area (Å²) in [5, 5.41) is 9.15. The van der Waals surface area contributed by atoms with Crippen molar-refractivity contribution in [3.8, 4) is 0 Å². The maximum Gasteiger partial charge on any atom is 0.226 e. The number of hydrogen-bond acceptors (Lipinski definition) is 2. The number of β-amino-alcohol motifs (C(OH)–C–C–N with tert-alkyl or cyclic N) is 1. The fourth-order valence-electron chi connectivity index (χ4n) is 2.42. The van der Waals surface area contributed by atoms with Gasteiger partial charge in [0.1, 0.15) is 5.82 Å². The molecule has 1 aliphatic carbocycles. The number of aliphatic hydroxyl groups excluding tert-OH is 1. The highest BCUT2D eigenvalue weighted by atomic mass is 19.1. The number of carbonyl (C=O) groups is 1. The lowest BCUT2D eigenvalue weighted by atomic mass is 10.1. The van der Waals surface area contributed by atoms with Gasteiger partial charge in [-0.3, -0.25) is 4.79 Å². The van der Waals surface area contributed by atoms with E-state index in [4.69, 9.17) is 5.11 Å². The van der Waals surface area contributed by atoms with Crippen LogP contribution in [0.4, 0.5) is 4.39 Å². The van der Waals surface area contributed by atoms with Crippen LogP contribution in [0.25, 0.3) is 0 Å². The molecule has 1 aromatic carbocycles. The first-order valence-corrected chi connectivity index (χ1v) is 5.87. The molecule has 1 amide bonds. The quantitative estimate of drug-likeness (QED) is 0.834. The van der Waals surface area contributed by atoms with Gasteiger partial charge in [0.05, 0.1) is 6.10 Å². The third-order valence-electron chi connectivity index (χ3n) is 3.58. The van der Waals surface area contributed by atoms with Crippen molar-refractivity contribution in [3.63, 3.8) is 0 Å². The Morgan fingerprint density at radius 3 is 2.53 bits per heavy atom. The zero-order valence-corrected chi connectivity index (χ0v) is 9.34. The standard InChI is InChI=1S/C13H14FNO2/c14-9-3-1-8(2-4-9)11-5-12(11)13(17)15-6-10(16)7-15/h1-4,10-12,16H,5-7H2. The number of hydrogen-bond donors (Lipinski definition) is 1. The minimum Gasteiger partial charge on any atom is -0.389 e. The van der Waals surface area contributed by atoms with Gasteiger partial charge < -0.3 is 10.0 Å². The Bertz CT molecular complexity index is 439. The number of nitrogens with zero attached hydrogens (tertiary/aromatic N) is 1. The smallest absolute Gasteiger partial charge is 0.226 e. The van der Waals surface area contributed by atoms with Gasteiger partial charge in [-0.1, -0.05) is 12.1 Å². The Hall–Kier alpha value is -1.42. The Morgan fingerprint density at radius 1 is 1.29 bits per heavy atom. The van der Waals surface area contributed by atoms with Crippen LogP contribution in [0.5, 0.6) is 0 Å². The van der Waals surface area contributed by atoms with Crippen molar-refractivity contribution in [2.24, 2.45) is 5.92 Å². The second-order valence-electron chi connectivity index (χ2n) is 4.90. The van der Waals surface area contributed by atoms with Crippen molar-refractivity contribution in [1.82, 2.24) is 4.90 Å². The molecule has 3 rings (SSSR count). The van der Waals surface area contributed by atoms with E-state index in [9.17, 15) is 9.18 Å². The molecule has 0 radical (unpaired) electrons. The minimum absolute atomic E-state index is 0.0351. The Balaban J connectivity index is 1.62. The van der Waals surface area contributed by atoms with Gasteiger partial charge in [-0.05, 0) is 30.0 Å². The molecule has 1 saturated heterocycles. The highest BCUT2D eigenvalue weighted by molar-refractivity contribution is 5.83. The van der Waals surface area contributed by atoms with Crippen molar-refractivity contribution in [1.29, 1.82) is 0 Å². The summed E-state index contributed by atoms with van der Waals surface area (Å²) in [7, 11) is 0. The van der Waals surface area contributed by atoms with E-state index in [1.807, 2.05) is 0 Å². The molecule has 2 unspecified atom stereocenters. The summed E-state index contributed by atoms with van der Waals surface area (Å²) in [4.78, 5) is 13.6. The van der Waals surface area contributed by atoms with Crippen LogP contribution in [0, 0.1) is 11.7 Å². The van der Waals surface area contributed by atoms with Gasteiger partial charge in [0.15, 0.2) is 0 Å². The predicted octanol–water partition coefficient (Wildman–Crippen LogP) is 1.13. The van der Waals surface area contributed by atoms with E-state index in [-0.39, 0.29) is 29.7 Å². The molecule has 1 aliphatic heterocycles. The van der Waals surface area contributed by atoms with Crippen LogP contribution in [0.1, 0.15) is 17.9 Å². The number of halogens is 1. The van der Waals surface area contributed by atoms with Crippen molar-refractivity contribution in [2.75, 3.05) is 13.1 Å². The molecular formula is C13H14FNO2. The molecule has 2 aliphatic rings. The highest BCUT2D eigenvalue weighted by Gasteiger charge is 2.47. The number of amides is 1. The number of likely N-dealkylation sites (tertiary alicyclic amines) is 1. The van der Waals surface area contributed by atoms with Gasteiger partial charge in [-0.15, -0.1) is 0 Å². The summed E-state index contributed by atoms with van der Waals surface area (Å²) in [6.45, 7) is 0.928. The monoisotopic (exact) mass is 235 g/mol. The average molecular weight is 235 g/mol. The Labute approximate surface area is 98.9 Å². The van der Waals surface area contributed by atoms with E-state index < -0.39 is 0 Å². The molecule has 17 heavy (non-hydrogen) atoms. The molecule has 90 valence electrons. The molecule has 1 heterocycles. The van der Waals surface area contributed by atoms with Crippen LogP contribution in [0.15, 0.2) is 24.3 Å². The lowest BCUT2D eigenvalue weighted by Gasteiger charge is -2.36. The number of aliphatic hydroxyl groups is 1. The van der Waals surface area contributed by atoms with E-state index in [2.05, 4.69) is 0 Å². The molecule has 2 fully saturated rings. The van der Waals surface area contributed by atoms with Crippen molar-refractivity contribution < 1.29 is 14.3 Å². The molecule has 0 bridgehead atoms. The van der Waals surface area contributed by atoms with Crippen LogP contribution in [0.3, 0.4) is 0 Å². The third-order valence-corrected chi connectivity index (χ3v) is 3.58. The van der Waals surface area contributed by atoms with Crippen LogP contribution in [-0.2, 0) is 4.79 Å². The molecule has 1 aromatic rings. The summed E-state index contributed by atoms with van der Waals surface area (Å²) in [5.74, 6) is 0.154. The van der Waals surface area contributed by atoms with Crippen LogP contribution < -0.4 is 0 Å². The molecule has 1 N–H and O–H groups in total. The van der Waals surface area contributed by atoms with Gasteiger partial charge in [-0.2, -0.15) is 0 Å². The summed E-state index contributed by atoms with van der Waals surface area (Å²) < 4.78 is 12.8. The largest absolute Gasteiger partial charge is 0.389 e. The molecule has 2 atom stereocenters. The molecule has 0 aromatic heterocycles. The summed E-state index contributed by atoms with van der Waals surface area (Å²) in [5.41, 5.74) is 1.03. The van der Waals surface area contributed by atoms with Crippen molar-refractivity contribution in [2.45, 2.75) is 18.4 Å². The predicted molar refractivity (Wildman–Crippen MR) is 59.8 cm³/mol. The van der Waals surface area contributed by atoms with Gasteiger partial charge >= 0.3 is 0 Å². The topological polar surface area (TPSA) is 40.5 Å². The minimum atomic E-state index is -0.345. The van der Waals surface area contributed by atoms with Gasteiger partial charge in [-0.25, -0.2) is 4.39 Å². The number of rotatable bonds is 2. The van der Waals surface area contributed by atoms with Gasteiger partial charge in [0.2, 0.25) is 5.91 Å². The first kappa shape index (κ1) is 10.7. The normalized spacial score (nSPS) is 27.8. The second kappa shape index (κ2) is 3.81. The zero-order valence-electron chi connectivity index (χ0n) is 9.34. The number of carbonyl (C=O) groups excluding carboxylic acids is 1. The number of benzene rings is 1. The average Bonchev–Trinajstić information content (AvgIpc) is 3.05. The van der Waals surface area contributed by atoms with E-state index in [1.165, 1.54) is 12.1 Å². The van der Waals surface area contributed by atoms with E-state index >= 15 is 0 Å². The maximum atomic E-state index is 12.8. The van der Waals surface area contributed by atoms with Crippen molar-refractivity contribution in [3.05, 3.63) is 35.6 Å². The van der Waals surface area contributed by atoms with Crippen LogP contribution in [0.2, 0.25) is 0 Å². The van der Waals surface area contributed by atoms with E-state index in [1.54, 1.807) is 17.0 Å². The van der Waals surface area contributed by atoms with Gasteiger partial charge in [0, 0.05) is 19.0 Å². The lowest BCUT2D eigenvalue weighted by Crippen LogP contribution is -2.54.